The number of ether oxygens (including phenoxy) is 3. The molecule has 3 aromatic carbocycles. The maximum atomic E-state index is 6.23. The van der Waals surface area contributed by atoms with Gasteiger partial charge in [0.25, 0.3) is 0 Å². The van der Waals surface area contributed by atoms with Gasteiger partial charge in [-0.2, -0.15) is 0 Å². The van der Waals surface area contributed by atoms with Gasteiger partial charge >= 0.3 is 0 Å². The van der Waals surface area contributed by atoms with E-state index in [9.17, 15) is 0 Å². The summed E-state index contributed by atoms with van der Waals surface area (Å²) in [7, 11) is 0. The smallest absolute Gasteiger partial charge is 0.119 e. The monoisotopic (exact) mass is 464 g/mol. The lowest BCUT2D eigenvalue weighted by atomic mass is 9.88. The van der Waals surface area contributed by atoms with E-state index < -0.39 is 0 Å². The van der Waals surface area contributed by atoms with Crippen molar-refractivity contribution in [3.05, 3.63) is 102 Å². The van der Waals surface area contributed by atoms with E-state index in [-0.39, 0.29) is 0 Å². The second kappa shape index (κ2) is 14.5. The molecule has 0 aliphatic carbocycles. The van der Waals surface area contributed by atoms with E-state index in [1.165, 1.54) is 22.3 Å². The van der Waals surface area contributed by atoms with Crippen LogP contribution in [-0.2, 0) is 9.47 Å². The molecule has 0 radical (unpaired) electrons. The summed E-state index contributed by atoms with van der Waals surface area (Å²) < 4.78 is 16.8. The standard InChI is InChI=1S/C29H33ClO3/c1-2-19-31-20-21-32-22-23-33-27-15-13-26(14-16-27)29(25-11-7-4-8-12-25)28(17-18-30)24-9-5-3-6-10-24/h3-16H,2,17-23H2,1H3. The fourth-order valence-electron chi connectivity index (χ4n) is 3.67. The first kappa shape index (κ1) is 25.0. The van der Waals surface area contributed by atoms with Crippen molar-refractivity contribution in [1.29, 1.82) is 0 Å². The van der Waals surface area contributed by atoms with Crippen LogP contribution in [0.2, 0.25) is 0 Å². The summed E-state index contributed by atoms with van der Waals surface area (Å²) in [5, 5.41) is 0. The minimum absolute atomic E-state index is 0.510. The van der Waals surface area contributed by atoms with Crippen molar-refractivity contribution in [2.45, 2.75) is 19.8 Å². The Morgan fingerprint density at radius 3 is 1.79 bits per heavy atom. The van der Waals surface area contributed by atoms with E-state index in [0.717, 1.165) is 30.8 Å². The molecule has 3 nitrogen and oxygen atoms in total. The Bertz CT molecular complexity index is 953. The molecule has 0 atom stereocenters. The molecule has 0 saturated carbocycles. The number of benzene rings is 3. The minimum Gasteiger partial charge on any atom is -0.491 e. The number of halogens is 1. The van der Waals surface area contributed by atoms with Gasteiger partial charge in [-0.05, 0) is 52.8 Å². The van der Waals surface area contributed by atoms with Gasteiger partial charge < -0.3 is 14.2 Å². The topological polar surface area (TPSA) is 27.7 Å². The molecule has 0 bridgehead atoms. The SMILES string of the molecule is CCCOCCOCCOc1ccc(C(=C(CCCl)c2ccccc2)c2ccccc2)cc1. The van der Waals surface area contributed by atoms with Crippen LogP contribution in [0, 0.1) is 0 Å². The Morgan fingerprint density at radius 2 is 1.18 bits per heavy atom. The number of hydrogen-bond acceptors (Lipinski definition) is 3. The van der Waals surface area contributed by atoms with Crippen molar-refractivity contribution in [2.24, 2.45) is 0 Å². The van der Waals surface area contributed by atoms with Crippen molar-refractivity contribution in [1.82, 2.24) is 0 Å². The third-order valence-electron chi connectivity index (χ3n) is 5.19. The summed E-state index contributed by atoms with van der Waals surface area (Å²) in [6, 6.07) is 29.2. The lowest BCUT2D eigenvalue weighted by Gasteiger charge is -2.17. The molecule has 0 amide bonds. The molecule has 0 aromatic heterocycles. The summed E-state index contributed by atoms with van der Waals surface area (Å²) in [6.45, 7) is 5.15. The Morgan fingerprint density at radius 1 is 0.636 bits per heavy atom. The average Bonchev–Trinajstić information content (AvgIpc) is 2.87. The Labute approximate surface area is 203 Å². The number of alkyl halides is 1. The van der Waals surface area contributed by atoms with Crippen LogP contribution >= 0.6 is 11.6 Å². The molecule has 0 aliphatic rings. The molecule has 0 heterocycles. The van der Waals surface area contributed by atoms with E-state index in [2.05, 4.69) is 67.6 Å². The summed E-state index contributed by atoms with van der Waals surface area (Å²) >= 11 is 6.23. The molecule has 0 spiro atoms. The highest BCUT2D eigenvalue weighted by molar-refractivity contribution is 6.18. The third kappa shape index (κ3) is 8.04. The van der Waals surface area contributed by atoms with E-state index in [4.69, 9.17) is 25.8 Å². The molecule has 0 aliphatic heterocycles. The van der Waals surface area contributed by atoms with Crippen molar-refractivity contribution < 1.29 is 14.2 Å². The van der Waals surface area contributed by atoms with E-state index >= 15 is 0 Å². The lowest BCUT2D eigenvalue weighted by molar-refractivity contribution is 0.0366. The van der Waals surface area contributed by atoms with E-state index in [0.29, 0.717) is 32.3 Å². The second-order valence-corrected chi connectivity index (χ2v) is 8.00. The van der Waals surface area contributed by atoms with Gasteiger partial charge in [-0.15, -0.1) is 11.6 Å². The number of allylic oxidation sites excluding steroid dienone is 1. The molecule has 33 heavy (non-hydrogen) atoms. The highest BCUT2D eigenvalue weighted by Gasteiger charge is 2.14. The lowest BCUT2D eigenvalue weighted by Crippen LogP contribution is -2.11. The first-order valence-electron chi connectivity index (χ1n) is 11.6. The van der Waals surface area contributed by atoms with Gasteiger partial charge in [0.05, 0.1) is 19.8 Å². The van der Waals surface area contributed by atoms with Crippen molar-refractivity contribution >= 4 is 22.7 Å². The predicted octanol–water partition coefficient (Wildman–Crippen LogP) is 7.10. The Balaban J connectivity index is 1.74. The second-order valence-electron chi connectivity index (χ2n) is 7.62. The van der Waals surface area contributed by atoms with Crippen LogP contribution in [0.5, 0.6) is 5.75 Å². The van der Waals surface area contributed by atoms with Crippen LogP contribution in [0.15, 0.2) is 84.9 Å². The fourth-order valence-corrected chi connectivity index (χ4v) is 3.86. The van der Waals surface area contributed by atoms with Gasteiger partial charge in [0.2, 0.25) is 0 Å². The third-order valence-corrected chi connectivity index (χ3v) is 5.38. The minimum atomic E-state index is 0.510. The predicted molar refractivity (Wildman–Crippen MR) is 138 cm³/mol. The van der Waals surface area contributed by atoms with E-state index in [1.54, 1.807) is 0 Å². The van der Waals surface area contributed by atoms with Crippen molar-refractivity contribution in [3.63, 3.8) is 0 Å². The zero-order chi connectivity index (χ0) is 23.1. The maximum Gasteiger partial charge on any atom is 0.119 e. The van der Waals surface area contributed by atoms with Gasteiger partial charge in [-0.3, -0.25) is 0 Å². The molecule has 0 saturated heterocycles. The van der Waals surface area contributed by atoms with Gasteiger partial charge in [0.1, 0.15) is 12.4 Å². The highest BCUT2D eigenvalue weighted by Crippen LogP contribution is 2.35. The Kier molecular flexibility index (Phi) is 11.0. The fraction of sp³-hybridized carbons (Fsp3) is 0.310. The average molecular weight is 465 g/mol. The first-order chi connectivity index (χ1) is 16.3. The number of rotatable bonds is 14. The molecule has 4 heteroatoms. The van der Waals surface area contributed by atoms with Crippen LogP contribution in [0.4, 0.5) is 0 Å². The van der Waals surface area contributed by atoms with Gasteiger partial charge in [-0.1, -0.05) is 79.7 Å². The molecular formula is C29H33ClO3. The largest absolute Gasteiger partial charge is 0.491 e. The molecule has 0 unspecified atom stereocenters. The molecule has 0 fully saturated rings. The number of hydrogen-bond donors (Lipinski definition) is 0. The highest BCUT2D eigenvalue weighted by atomic mass is 35.5. The first-order valence-corrected chi connectivity index (χ1v) is 12.2. The van der Waals surface area contributed by atoms with Crippen LogP contribution in [0.3, 0.4) is 0 Å². The normalized spacial score (nSPS) is 11.8. The molecule has 0 N–H and O–H groups in total. The molecular weight excluding hydrogens is 432 g/mol. The Hall–Kier alpha value is -2.59. The summed E-state index contributed by atoms with van der Waals surface area (Å²) in [5.41, 5.74) is 5.95. The zero-order valence-corrected chi connectivity index (χ0v) is 20.1. The van der Waals surface area contributed by atoms with E-state index in [1.807, 2.05) is 24.3 Å². The van der Waals surface area contributed by atoms with Crippen LogP contribution in [-0.4, -0.2) is 38.9 Å². The van der Waals surface area contributed by atoms with Crippen LogP contribution in [0.25, 0.3) is 11.1 Å². The van der Waals surface area contributed by atoms with Crippen molar-refractivity contribution in [3.8, 4) is 5.75 Å². The van der Waals surface area contributed by atoms with Gasteiger partial charge in [-0.25, -0.2) is 0 Å². The molecule has 3 rings (SSSR count). The summed E-state index contributed by atoms with van der Waals surface area (Å²) in [6.07, 6.45) is 1.81. The van der Waals surface area contributed by atoms with Gasteiger partial charge in [0.15, 0.2) is 0 Å². The van der Waals surface area contributed by atoms with Crippen LogP contribution < -0.4 is 4.74 Å². The van der Waals surface area contributed by atoms with Crippen molar-refractivity contribution in [2.75, 3.05) is 38.9 Å². The zero-order valence-electron chi connectivity index (χ0n) is 19.3. The van der Waals surface area contributed by atoms with Crippen LogP contribution in [0.1, 0.15) is 36.5 Å². The van der Waals surface area contributed by atoms with Gasteiger partial charge in [0, 0.05) is 12.5 Å². The maximum absolute atomic E-state index is 6.23. The molecule has 174 valence electrons. The summed E-state index contributed by atoms with van der Waals surface area (Å²) in [5.74, 6) is 1.39. The summed E-state index contributed by atoms with van der Waals surface area (Å²) in [4.78, 5) is 0. The quantitative estimate of drug-likeness (QED) is 0.145. The molecule has 3 aromatic rings.